The highest BCUT2D eigenvalue weighted by molar-refractivity contribution is 5.01. The number of hydrogen-bond donors (Lipinski definition) is 5. The van der Waals surface area contributed by atoms with Crippen molar-refractivity contribution in [2.75, 3.05) is 33.0 Å². The number of aliphatic hydroxyl groups excluding tert-OH is 5. The highest BCUT2D eigenvalue weighted by Gasteiger charge is 2.53. The van der Waals surface area contributed by atoms with Crippen LogP contribution in [0, 0.1) is 16.7 Å². The molecule has 0 aromatic heterocycles. The normalized spacial score (nSPS) is 25.3. The molecular formula is C44H88O5. The molecule has 1 rings (SSSR count). The Balaban J connectivity index is 2.51. The van der Waals surface area contributed by atoms with Gasteiger partial charge in [0.2, 0.25) is 0 Å². The van der Waals surface area contributed by atoms with Crippen molar-refractivity contribution in [1.29, 1.82) is 0 Å². The minimum absolute atomic E-state index is 0.150. The molecule has 1 fully saturated rings. The van der Waals surface area contributed by atoms with Crippen molar-refractivity contribution in [3.05, 3.63) is 0 Å². The summed E-state index contributed by atoms with van der Waals surface area (Å²) in [5, 5.41) is 52.9. The summed E-state index contributed by atoms with van der Waals surface area (Å²) in [4.78, 5) is 0. The van der Waals surface area contributed by atoms with Gasteiger partial charge in [0.15, 0.2) is 0 Å². The summed E-state index contributed by atoms with van der Waals surface area (Å²) in [6.45, 7) is -1.41. The Labute approximate surface area is 305 Å². The molecule has 49 heavy (non-hydrogen) atoms. The SMILES string of the molecule is OCC1CCCCCCCCCCCCCCCCCCCCCCCCCCCCCCCCCCCCC(CO)(CO)C1(CO)CO. The number of rotatable bonds is 5. The lowest BCUT2D eigenvalue weighted by molar-refractivity contribution is -0.159. The third-order valence-electron chi connectivity index (χ3n) is 12.7. The van der Waals surface area contributed by atoms with Gasteiger partial charge in [-0.05, 0) is 18.8 Å². The maximum atomic E-state index is 10.7. The van der Waals surface area contributed by atoms with Gasteiger partial charge in [-0.15, -0.1) is 0 Å². The molecule has 0 bridgehead atoms. The summed E-state index contributed by atoms with van der Waals surface area (Å²) in [5.74, 6) is -0.350. The van der Waals surface area contributed by atoms with Crippen molar-refractivity contribution >= 4 is 0 Å². The summed E-state index contributed by atoms with van der Waals surface area (Å²) in [6, 6.07) is 0. The van der Waals surface area contributed by atoms with E-state index in [4.69, 9.17) is 0 Å². The molecule has 0 amide bonds. The molecule has 5 N–H and O–H groups in total. The first kappa shape index (κ1) is 46.8. The predicted molar refractivity (Wildman–Crippen MR) is 210 cm³/mol. The minimum atomic E-state index is -1.10. The van der Waals surface area contributed by atoms with Gasteiger partial charge >= 0.3 is 0 Å². The molecule has 0 heterocycles. The summed E-state index contributed by atoms with van der Waals surface area (Å²) >= 11 is 0. The molecule has 294 valence electrons. The Bertz CT molecular complexity index is 662. The van der Waals surface area contributed by atoms with E-state index >= 15 is 0 Å². The van der Waals surface area contributed by atoms with Crippen LogP contribution in [0.4, 0.5) is 0 Å². The topological polar surface area (TPSA) is 101 Å². The van der Waals surface area contributed by atoms with Crippen LogP contribution >= 0.6 is 0 Å². The molecule has 0 saturated heterocycles. The summed E-state index contributed by atoms with van der Waals surface area (Å²) in [7, 11) is 0. The Morgan fingerprint density at radius 2 is 0.510 bits per heavy atom. The standard InChI is InChI=1S/C44H88O5/c45-37-42-35-33-31-29-27-25-23-21-19-17-15-13-11-9-7-5-3-1-2-4-6-8-10-12-14-16-18-20-22-24-26-28-30-32-34-36-43(38-46,39-47)44(42,40-48)41-49/h42,45-49H,1-41H2. The van der Waals surface area contributed by atoms with E-state index in [-0.39, 0.29) is 39.0 Å². The second kappa shape index (κ2) is 33.6. The first-order valence-electron chi connectivity index (χ1n) is 22.2. The highest BCUT2D eigenvalue weighted by atomic mass is 16.3. The van der Waals surface area contributed by atoms with Crippen molar-refractivity contribution < 1.29 is 25.5 Å². The summed E-state index contributed by atoms with van der Waals surface area (Å²) in [5.41, 5.74) is -2.10. The van der Waals surface area contributed by atoms with Crippen LogP contribution in [0.3, 0.4) is 0 Å². The van der Waals surface area contributed by atoms with Gasteiger partial charge in [0.1, 0.15) is 0 Å². The summed E-state index contributed by atoms with van der Waals surface area (Å²) in [6.07, 6.45) is 46.3. The molecule has 1 saturated carbocycles. The van der Waals surface area contributed by atoms with E-state index in [2.05, 4.69) is 0 Å². The van der Waals surface area contributed by atoms with Crippen LogP contribution in [0.2, 0.25) is 0 Å². The lowest BCUT2D eigenvalue weighted by Gasteiger charge is -2.51. The van der Waals surface area contributed by atoms with Gasteiger partial charge in [0.05, 0.1) is 26.4 Å². The zero-order valence-corrected chi connectivity index (χ0v) is 32.8. The maximum Gasteiger partial charge on any atom is 0.0520 e. The smallest absolute Gasteiger partial charge is 0.0520 e. The Morgan fingerprint density at radius 1 is 0.286 bits per heavy atom. The van der Waals surface area contributed by atoms with E-state index in [0.717, 1.165) is 32.1 Å². The van der Waals surface area contributed by atoms with Gasteiger partial charge in [-0.25, -0.2) is 0 Å². The van der Waals surface area contributed by atoms with Crippen molar-refractivity contribution in [3.63, 3.8) is 0 Å². The molecule has 5 nitrogen and oxygen atoms in total. The van der Waals surface area contributed by atoms with Gasteiger partial charge in [-0.3, -0.25) is 0 Å². The molecule has 0 aromatic rings. The first-order valence-corrected chi connectivity index (χ1v) is 22.2. The summed E-state index contributed by atoms with van der Waals surface area (Å²) < 4.78 is 0. The molecule has 1 unspecified atom stereocenters. The molecular weight excluding hydrogens is 608 g/mol. The van der Waals surface area contributed by atoms with Crippen molar-refractivity contribution in [2.45, 2.75) is 231 Å². The molecule has 1 atom stereocenters. The van der Waals surface area contributed by atoms with Crippen LogP contribution in [-0.4, -0.2) is 58.6 Å². The van der Waals surface area contributed by atoms with Crippen molar-refractivity contribution in [1.82, 2.24) is 0 Å². The fraction of sp³-hybridized carbons (Fsp3) is 1.00. The largest absolute Gasteiger partial charge is 0.396 e. The molecule has 0 aromatic carbocycles. The van der Waals surface area contributed by atoms with Crippen LogP contribution in [0.25, 0.3) is 0 Å². The average molecular weight is 697 g/mol. The van der Waals surface area contributed by atoms with Crippen LogP contribution in [0.1, 0.15) is 231 Å². The molecule has 0 spiro atoms. The lowest BCUT2D eigenvalue weighted by Crippen LogP contribution is -2.57. The van der Waals surface area contributed by atoms with Crippen LogP contribution in [-0.2, 0) is 0 Å². The molecule has 5 heteroatoms. The molecule has 1 aliphatic carbocycles. The highest BCUT2D eigenvalue weighted by Crippen LogP contribution is 2.49. The van der Waals surface area contributed by atoms with Gasteiger partial charge < -0.3 is 25.5 Å². The molecule has 1 aliphatic rings. The average Bonchev–Trinajstić information content (AvgIpc) is 3.12. The maximum absolute atomic E-state index is 10.7. The zero-order chi connectivity index (χ0) is 35.6. The van der Waals surface area contributed by atoms with Crippen molar-refractivity contribution in [2.24, 2.45) is 16.7 Å². The van der Waals surface area contributed by atoms with E-state index < -0.39 is 10.8 Å². The van der Waals surface area contributed by atoms with Crippen LogP contribution in [0.15, 0.2) is 0 Å². The van der Waals surface area contributed by atoms with Crippen LogP contribution < -0.4 is 0 Å². The van der Waals surface area contributed by atoms with Crippen LogP contribution in [0.5, 0.6) is 0 Å². The molecule has 0 aliphatic heterocycles. The van der Waals surface area contributed by atoms with Crippen molar-refractivity contribution in [3.8, 4) is 0 Å². The fourth-order valence-corrected chi connectivity index (χ4v) is 8.90. The van der Waals surface area contributed by atoms with E-state index in [1.807, 2.05) is 0 Å². The monoisotopic (exact) mass is 697 g/mol. The zero-order valence-electron chi connectivity index (χ0n) is 32.8. The lowest BCUT2D eigenvalue weighted by atomic mass is 9.55. The fourth-order valence-electron chi connectivity index (χ4n) is 8.90. The first-order chi connectivity index (χ1) is 24.2. The third kappa shape index (κ3) is 21.2. The van der Waals surface area contributed by atoms with Gasteiger partial charge in [-0.1, -0.05) is 218 Å². The van der Waals surface area contributed by atoms with Gasteiger partial charge in [0.25, 0.3) is 0 Å². The third-order valence-corrected chi connectivity index (χ3v) is 12.7. The quantitative estimate of drug-likeness (QED) is 0.197. The number of hydrogen-bond acceptors (Lipinski definition) is 5. The Hall–Kier alpha value is -0.200. The Morgan fingerprint density at radius 3 is 0.714 bits per heavy atom. The van der Waals surface area contributed by atoms with E-state index in [0.29, 0.717) is 12.8 Å². The Kier molecular flexibility index (Phi) is 32.1. The predicted octanol–water partition coefficient (Wildman–Crippen LogP) is 11.6. The van der Waals surface area contributed by atoms with Gasteiger partial charge in [0, 0.05) is 17.4 Å². The van der Waals surface area contributed by atoms with E-state index in [1.165, 1.54) is 186 Å². The second-order valence-electron chi connectivity index (χ2n) is 16.5. The second-order valence-corrected chi connectivity index (χ2v) is 16.5. The van der Waals surface area contributed by atoms with E-state index in [9.17, 15) is 25.5 Å². The van der Waals surface area contributed by atoms with E-state index in [1.54, 1.807) is 0 Å². The van der Waals surface area contributed by atoms with Gasteiger partial charge in [-0.2, -0.15) is 0 Å². The minimum Gasteiger partial charge on any atom is -0.396 e. The number of aliphatic hydroxyl groups is 5. The molecule has 0 radical (unpaired) electrons.